The van der Waals surface area contributed by atoms with E-state index in [1.807, 2.05) is 19.9 Å². The first-order valence-electron chi connectivity index (χ1n) is 11.1. The Morgan fingerprint density at radius 1 is 1.38 bits per heavy atom. The number of benzene rings is 1. The number of piperidine rings is 1. The number of aryl methyl sites for hydroxylation is 1. The molecule has 3 heterocycles. The molecule has 3 aliphatic heterocycles. The lowest BCUT2D eigenvalue weighted by Crippen LogP contribution is -2.62. The Kier molecular flexibility index (Phi) is 7.92. The van der Waals surface area contributed by atoms with Gasteiger partial charge in [-0.3, -0.25) is 19.9 Å². The maximum absolute atomic E-state index is 13.0. The highest BCUT2D eigenvalue weighted by Gasteiger charge is 2.35. The first kappa shape index (κ1) is 23.8. The molecular formula is C22H33N5O5. The zero-order valence-electron chi connectivity index (χ0n) is 18.9. The second-order valence-corrected chi connectivity index (χ2v) is 8.09. The molecule has 4 rings (SSSR count). The molecular weight excluding hydrogens is 414 g/mol. The molecule has 176 valence electrons. The van der Waals surface area contributed by atoms with Crippen molar-refractivity contribution in [3.05, 3.63) is 22.8 Å². The molecule has 0 bridgehead atoms. The van der Waals surface area contributed by atoms with E-state index in [4.69, 9.17) is 19.7 Å². The van der Waals surface area contributed by atoms with Gasteiger partial charge in [-0.25, -0.2) is 0 Å². The Bertz CT molecular complexity index is 875. The van der Waals surface area contributed by atoms with Gasteiger partial charge >= 0.3 is 0 Å². The number of carbonyl (C=O) groups is 2. The monoisotopic (exact) mass is 447 g/mol. The van der Waals surface area contributed by atoms with Crippen LogP contribution in [0.2, 0.25) is 0 Å². The number of ether oxygens (including phenoxy) is 1. The van der Waals surface area contributed by atoms with Crippen LogP contribution >= 0.6 is 0 Å². The number of rotatable bonds is 5. The Balaban J connectivity index is 0.000000913. The fraction of sp³-hybridized carbons (Fsp3) is 0.591. The number of carbonyl (C=O) groups excluding carboxylic acids is 1. The summed E-state index contributed by atoms with van der Waals surface area (Å²) in [4.78, 5) is 23.8. The summed E-state index contributed by atoms with van der Waals surface area (Å²) in [7, 11) is 0. The summed E-state index contributed by atoms with van der Waals surface area (Å²) in [6.07, 6.45) is 2.34. The van der Waals surface area contributed by atoms with Crippen LogP contribution in [0.4, 0.5) is 0 Å². The lowest BCUT2D eigenvalue weighted by Gasteiger charge is -2.39. The lowest BCUT2D eigenvalue weighted by atomic mass is 10.00. The SMILES string of the molecule is CCN1CCC[C@@H](NC2C(=O)NC(c3c(C)cc4c(c3O)CCO4)=NN2CC)C1.O=CO. The summed E-state index contributed by atoms with van der Waals surface area (Å²) in [6.45, 7) is 10.0. The third-order valence-electron chi connectivity index (χ3n) is 6.10. The predicted octanol–water partition coefficient (Wildman–Crippen LogP) is 0.850. The molecule has 4 N–H and O–H groups in total. The van der Waals surface area contributed by atoms with Gasteiger partial charge in [-0.05, 0) is 51.4 Å². The summed E-state index contributed by atoms with van der Waals surface area (Å²) >= 11 is 0. The van der Waals surface area contributed by atoms with E-state index in [1.165, 1.54) is 0 Å². The number of nitrogens with one attached hydrogen (secondary N) is 2. The summed E-state index contributed by atoms with van der Waals surface area (Å²) in [5, 5.41) is 30.6. The highest BCUT2D eigenvalue weighted by Crippen LogP contribution is 2.38. The van der Waals surface area contributed by atoms with Crippen molar-refractivity contribution in [1.29, 1.82) is 0 Å². The number of nitrogens with zero attached hydrogens (tertiary/aromatic N) is 3. The molecule has 1 unspecified atom stereocenters. The van der Waals surface area contributed by atoms with Gasteiger partial charge in [-0.2, -0.15) is 5.10 Å². The average molecular weight is 448 g/mol. The summed E-state index contributed by atoms with van der Waals surface area (Å²) in [5.41, 5.74) is 2.19. The fourth-order valence-corrected chi connectivity index (χ4v) is 4.50. The molecule has 0 spiro atoms. The number of phenolic OH excluding ortho intramolecular Hbond substituents is 1. The van der Waals surface area contributed by atoms with Crippen molar-refractivity contribution >= 4 is 18.2 Å². The van der Waals surface area contributed by atoms with Crippen LogP contribution in [0, 0.1) is 6.92 Å². The molecule has 0 aliphatic carbocycles. The number of hydrogen-bond acceptors (Lipinski definition) is 8. The highest BCUT2D eigenvalue weighted by molar-refractivity contribution is 6.12. The van der Waals surface area contributed by atoms with Gasteiger partial charge in [0.25, 0.3) is 12.4 Å². The minimum Gasteiger partial charge on any atom is -0.507 e. The van der Waals surface area contributed by atoms with Crippen LogP contribution in [0.1, 0.15) is 43.4 Å². The predicted molar refractivity (Wildman–Crippen MR) is 120 cm³/mol. The van der Waals surface area contributed by atoms with Crippen LogP contribution in [0.25, 0.3) is 0 Å². The zero-order valence-corrected chi connectivity index (χ0v) is 18.9. The number of carboxylic acid groups (broad SMARTS) is 1. The van der Waals surface area contributed by atoms with Gasteiger partial charge in [-0.1, -0.05) is 6.92 Å². The second-order valence-electron chi connectivity index (χ2n) is 8.09. The minimum atomic E-state index is -0.509. The van der Waals surface area contributed by atoms with Crippen molar-refractivity contribution in [3.8, 4) is 11.5 Å². The Morgan fingerprint density at radius 3 is 2.81 bits per heavy atom. The van der Waals surface area contributed by atoms with Crippen LogP contribution in [-0.4, -0.2) is 83.3 Å². The molecule has 1 aromatic carbocycles. The molecule has 10 nitrogen and oxygen atoms in total. The van der Waals surface area contributed by atoms with E-state index in [9.17, 15) is 9.90 Å². The molecule has 3 aliphatic rings. The van der Waals surface area contributed by atoms with Gasteiger partial charge in [0.05, 0.1) is 12.2 Å². The van der Waals surface area contributed by atoms with Gasteiger partial charge in [0.1, 0.15) is 11.5 Å². The zero-order chi connectivity index (χ0) is 23.3. The second kappa shape index (κ2) is 10.6. The standard InChI is InChI=1S/C21H31N5O3.CH2O2/c1-4-25-9-6-7-14(12-25)22-20-21(28)23-19(24-26(20)5-2)17-13(3)11-16-15(18(17)27)8-10-29-16;2-1-3/h11,14,20,22,27H,4-10,12H2,1-3H3,(H,23,24,28);1H,(H,2,3)/t14-,20?;/m1./s1. The van der Waals surface area contributed by atoms with Crippen LogP contribution in [-0.2, 0) is 16.0 Å². The molecule has 1 fully saturated rings. The number of likely N-dealkylation sites (tertiary alicyclic amines) is 1. The maximum atomic E-state index is 13.0. The molecule has 1 saturated heterocycles. The van der Waals surface area contributed by atoms with E-state index in [2.05, 4.69) is 22.5 Å². The number of hydrazone groups is 1. The van der Waals surface area contributed by atoms with Crippen LogP contribution in [0.5, 0.6) is 11.5 Å². The van der Waals surface area contributed by atoms with Crippen LogP contribution in [0.3, 0.4) is 0 Å². The van der Waals surface area contributed by atoms with Gasteiger partial charge in [-0.15, -0.1) is 0 Å². The third kappa shape index (κ3) is 4.97. The Hall–Kier alpha value is -2.85. The van der Waals surface area contributed by atoms with Crippen molar-refractivity contribution in [3.63, 3.8) is 0 Å². The topological polar surface area (TPSA) is 127 Å². The molecule has 32 heavy (non-hydrogen) atoms. The fourth-order valence-electron chi connectivity index (χ4n) is 4.50. The lowest BCUT2D eigenvalue weighted by molar-refractivity contribution is -0.128. The smallest absolute Gasteiger partial charge is 0.290 e. The molecule has 1 aromatic rings. The highest BCUT2D eigenvalue weighted by atomic mass is 16.5. The van der Waals surface area contributed by atoms with Gasteiger partial charge in [0.2, 0.25) is 0 Å². The van der Waals surface area contributed by atoms with Crippen molar-refractivity contribution in [2.75, 3.05) is 32.8 Å². The Morgan fingerprint density at radius 2 is 2.12 bits per heavy atom. The molecule has 0 aromatic heterocycles. The van der Waals surface area contributed by atoms with Gasteiger partial charge < -0.3 is 25.2 Å². The first-order valence-corrected chi connectivity index (χ1v) is 11.1. The van der Waals surface area contributed by atoms with Crippen molar-refractivity contribution in [1.82, 2.24) is 20.5 Å². The molecule has 0 radical (unpaired) electrons. The van der Waals surface area contributed by atoms with Gasteiger partial charge in [0, 0.05) is 31.1 Å². The van der Waals surface area contributed by atoms with Crippen LogP contribution in [0.15, 0.2) is 11.2 Å². The number of amides is 1. The van der Waals surface area contributed by atoms with E-state index in [0.717, 1.165) is 49.4 Å². The van der Waals surface area contributed by atoms with E-state index in [0.29, 0.717) is 31.0 Å². The van der Waals surface area contributed by atoms with Crippen LogP contribution < -0.4 is 15.4 Å². The number of fused-ring (bicyclic) bond motifs is 1. The summed E-state index contributed by atoms with van der Waals surface area (Å²) < 4.78 is 5.57. The van der Waals surface area contributed by atoms with E-state index >= 15 is 0 Å². The van der Waals surface area contributed by atoms with E-state index in [-0.39, 0.29) is 24.2 Å². The maximum Gasteiger partial charge on any atom is 0.290 e. The van der Waals surface area contributed by atoms with Crippen molar-refractivity contribution in [2.24, 2.45) is 5.10 Å². The van der Waals surface area contributed by atoms with Gasteiger partial charge in [0.15, 0.2) is 12.0 Å². The number of amidine groups is 1. The number of hydrogen-bond donors (Lipinski definition) is 4. The average Bonchev–Trinajstić information content (AvgIpc) is 3.24. The number of phenols is 1. The summed E-state index contributed by atoms with van der Waals surface area (Å²) in [5.74, 6) is 1.14. The molecule has 0 saturated carbocycles. The molecule has 10 heteroatoms. The van der Waals surface area contributed by atoms with E-state index < -0.39 is 6.17 Å². The normalized spacial score (nSPS) is 22.8. The molecule has 1 amide bonds. The minimum absolute atomic E-state index is 0.138. The summed E-state index contributed by atoms with van der Waals surface area (Å²) in [6, 6.07) is 2.17. The third-order valence-corrected chi connectivity index (χ3v) is 6.10. The van der Waals surface area contributed by atoms with Crippen molar-refractivity contribution < 1.29 is 24.5 Å². The quantitative estimate of drug-likeness (QED) is 0.490. The van der Waals surface area contributed by atoms with Crippen molar-refractivity contribution in [2.45, 2.75) is 52.2 Å². The first-order chi connectivity index (χ1) is 15.4. The molecule has 2 atom stereocenters. The Labute approximate surface area is 188 Å². The largest absolute Gasteiger partial charge is 0.507 e. The number of aromatic hydroxyl groups is 1. The number of likely N-dealkylation sites (N-methyl/N-ethyl adjacent to an activating group) is 2. The van der Waals surface area contributed by atoms with E-state index in [1.54, 1.807) is 5.01 Å².